The van der Waals surface area contributed by atoms with Crippen LogP contribution >= 0.6 is 0 Å². The lowest BCUT2D eigenvalue weighted by molar-refractivity contribution is -0.134. The molecule has 2 aliphatic rings. The van der Waals surface area contributed by atoms with E-state index >= 15 is 0 Å². The molecule has 1 aromatic carbocycles. The molecule has 2 unspecified atom stereocenters. The topological polar surface area (TPSA) is 52.7 Å². The lowest BCUT2D eigenvalue weighted by Crippen LogP contribution is -2.51. The second-order valence-corrected chi connectivity index (χ2v) is 6.56. The summed E-state index contributed by atoms with van der Waals surface area (Å²) in [7, 11) is 0. The largest absolute Gasteiger partial charge is 0.355 e. The van der Waals surface area contributed by atoms with Crippen molar-refractivity contribution in [2.75, 3.05) is 39.3 Å². The Labute approximate surface area is 141 Å². The minimum Gasteiger partial charge on any atom is -0.355 e. The van der Waals surface area contributed by atoms with E-state index in [1.54, 1.807) is 12.1 Å². The first-order chi connectivity index (χ1) is 11.6. The molecule has 1 heterocycles. The van der Waals surface area contributed by atoms with Crippen LogP contribution in [0.2, 0.25) is 0 Å². The molecule has 5 nitrogen and oxygen atoms in total. The van der Waals surface area contributed by atoms with Crippen LogP contribution in [0.1, 0.15) is 24.8 Å². The van der Waals surface area contributed by atoms with E-state index in [0.29, 0.717) is 26.2 Å². The van der Waals surface area contributed by atoms with Gasteiger partial charge in [0, 0.05) is 38.6 Å². The SMILES string of the molecule is CCNC(=O)CN1CCN(C(=O)C2CC2c2ccc(F)cc2)CC1. The highest BCUT2D eigenvalue weighted by Crippen LogP contribution is 2.48. The van der Waals surface area contributed by atoms with Gasteiger partial charge in [0.2, 0.25) is 11.8 Å². The summed E-state index contributed by atoms with van der Waals surface area (Å²) in [4.78, 5) is 28.2. The fourth-order valence-corrected chi connectivity index (χ4v) is 3.36. The fraction of sp³-hybridized carbons (Fsp3) is 0.556. The van der Waals surface area contributed by atoms with Crippen LogP contribution in [0.3, 0.4) is 0 Å². The van der Waals surface area contributed by atoms with Gasteiger partial charge in [0.1, 0.15) is 5.82 Å². The van der Waals surface area contributed by atoms with Crippen LogP contribution in [0.15, 0.2) is 24.3 Å². The molecule has 130 valence electrons. The summed E-state index contributed by atoms with van der Waals surface area (Å²) in [5.41, 5.74) is 1.05. The third-order valence-electron chi connectivity index (χ3n) is 4.83. The van der Waals surface area contributed by atoms with Gasteiger partial charge < -0.3 is 10.2 Å². The standard InChI is InChI=1S/C18H24FN3O2/c1-2-20-17(23)12-21-7-9-22(10-8-21)18(24)16-11-15(16)13-3-5-14(19)6-4-13/h3-6,15-16H,2,7-12H2,1H3,(H,20,23). The Balaban J connectivity index is 1.46. The van der Waals surface area contributed by atoms with Crippen molar-refractivity contribution in [1.29, 1.82) is 0 Å². The van der Waals surface area contributed by atoms with Crippen LogP contribution < -0.4 is 5.32 Å². The summed E-state index contributed by atoms with van der Waals surface area (Å²) >= 11 is 0. The maximum Gasteiger partial charge on any atom is 0.234 e. The number of rotatable bonds is 5. The molecule has 0 radical (unpaired) electrons. The van der Waals surface area contributed by atoms with Gasteiger partial charge >= 0.3 is 0 Å². The lowest BCUT2D eigenvalue weighted by Gasteiger charge is -2.34. The molecule has 1 aliphatic heterocycles. The van der Waals surface area contributed by atoms with E-state index in [-0.39, 0.29) is 29.5 Å². The molecule has 2 fully saturated rings. The summed E-state index contributed by atoms with van der Waals surface area (Å²) in [6, 6.07) is 6.46. The van der Waals surface area contributed by atoms with Gasteiger partial charge in [-0.05, 0) is 37.0 Å². The summed E-state index contributed by atoms with van der Waals surface area (Å²) in [5.74, 6) is 0.250. The average molecular weight is 333 g/mol. The minimum atomic E-state index is -0.245. The highest BCUT2D eigenvalue weighted by Gasteiger charge is 2.46. The van der Waals surface area contributed by atoms with Gasteiger partial charge in [0.25, 0.3) is 0 Å². The van der Waals surface area contributed by atoms with Gasteiger partial charge in [-0.15, -0.1) is 0 Å². The molecule has 2 amide bonds. The third kappa shape index (κ3) is 3.93. The van der Waals surface area contributed by atoms with Crippen LogP contribution in [-0.4, -0.2) is 60.9 Å². The van der Waals surface area contributed by atoms with Crippen molar-refractivity contribution in [3.05, 3.63) is 35.6 Å². The number of piperazine rings is 1. The van der Waals surface area contributed by atoms with Crippen LogP contribution in [0, 0.1) is 11.7 Å². The Morgan fingerprint density at radius 1 is 1.17 bits per heavy atom. The zero-order valence-corrected chi connectivity index (χ0v) is 14.0. The minimum absolute atomic E-state index is 0.0328. The Hall–Kier alpha value is -1.95. The predicted molar refractivity (Wildman–Crippen MR) is 89.0 cm³/mol. The highest BCUT2D eigenvalue weighted by molar-refractivity contribution is 5.83. The first-order valence-corrected chi connectivity index (χ1v) is 8.61. The Morgan fingerprint density at radius 2 is 1.83 bits per heavy atom. The molecule has 2 atom stereocenters. The zero-order chi connectivity index (χ0) is 17.1. The highest BCUT2D eigenvalue weighted by atomic mass is 19.1. The molecule has 1 N–H and O–H groups in total. The summed E-state index contributed by atoms with van der Waals surface area (Å²) in [6.07, 6.45) is 0.851. The predicted octanol–water partition coefficient (Wildman–Crippen LogP) is 1.21. The number of carbonyl (C=O) groups excluding carboxylic acids is 2. The third-order valence-corrected chi connectivity index (χ3v) is 4.83. The first-order valence-electron chi connectivity index (χ1n) is 8.61. The second-order valence-electron chi connectivity index (χ2n) is 6.56. The number of amides is 2. The zero-order valence-electron chi connectivity index (χ0n) is 14.0. The fourth-order valence-electron chi connectivity index (χ4n) is 3.36. The van der Waals surface area contributed by atoms with Crippen molar-refractivity contribution in [1.82, 2.24) is 15.1 Å². The van der Waals surface area contributed by atoms with Crippen molar-refractivity contribution >= 4 is 11.8 Å². The number of likely N-dealkylation sites (N-methyl/N-ethyl adjacent to an activating group) is 1. The van der Waals surface area contributed by atoms with Gasteiger partial charge in [-0.25, -0.2) is 4.39 Å². The molecular formula is C18H24FN3O2. The van der Waals surface area contributed by atoms with E-state index in [2.05, 4.69) is 10.2 Å². The Kier molecular flexibility index (Phi) is 5.14. The number of benzene rings is 1. The lowest BCUT2D eigenvalue weighted by atomic mass is 10.1. The van der Waals surface area contributed by atoms with Crippen LogP contribution in [0.25, 0.3) is 0 Å². The van der Waals surface area contributed by atoms with Crippen molar-refractivity contribution in [2.45, 2.75) is 19.3 Å². The van der Waals surface area contributed by atoms with E-state index in [0.717, 1.165) is 25.1 Å². The van der Waals surface area contributed by atoms with Gasteiger partial charge in [-0.1, -0.05) is 12.1 Å². The van der Waals surface area contributed by atoms with Crippen molar-refractivity contribution < 1.29 is 14.0 Å². The Bertz CT molecular complexity index is 597. The molecular weight excluding hydrogens is 309 g/mol. The van der Waals surface area contributed by atoms with Crippen LogP contribution in [0.5, 0.6) is 0 Å². The smallest absolute Gasteiger partial charge is 0.234 e. The molecule has 3 rings (SSSR count). The van der Waals surface area contributed by atoms with Gasteiger partial charge in [0.05, 0.1) is 6.54 Å². The molecule has 0 bridgehead atoms. The van der Waals surface area contributed by atoms with Crippen LogP contribution in [-0.2, 0) is 9.59 Å². The molecule has 1 aliphatic carbocycles. The normalized spacial score (nSPS) is 23.8. The Morgan fingerprint density at radius 3 is 2.46 bits per heavy atom. The van der Waals surface area contributed by atoms with E-state index in [1.807, 2.05) is 11.8 Å². The number of nitrogens with one attached hydrogen (secondary N) is 1. The summed E-state index contributed by atoms with van der Waals surface area (Å²) < 4.78 is 13.0. The van der Waals surface area contributed by atoms with Crippen molar-refractivity contribution in [3.63, 3.8) is 0 Å². The summed E-state index contributed by atoms with van der Waals surface area (Å²) in [6.45, 7) is 5.76. The molecule has 1 saturated heterocycles. The molecule has 1 saturated carbocycles. The van der Waals surface area contributed by atoms with E-state index in [4.69, 9.17) is 0 Å². The monoisotopic (exact) mass is 333 g/mol. The van der Waals surface area contributed by atoms with E-state index < -0.39 is 0 Å². The maximum atomic E-state index is 13.0. The van der Waals surface area contributed by atoms with Crippen molar-refractivity contribution in [2.24, 2.45) is 5.92 Å². The average Bonchev–Trinajstić information content (AvgIpc) is 3.36. The van der Waals surface area contributed by atoms with E-state index in [1.165, 1.54) is 12.1 Å². The molecule has 1 aromatic rings. The number of nitrogens with zero attached hydrogens (tertiary/aromatic N) is 2. The van der Waals surface area contributed by atoms with Crippen molar-refractivity contribution in [3.8, 4) is 0 Å². The molecule has 6 heteroatoms. The van der Waals surface area contributed by atoms with Gasteiger partial charge in [-0.2, -0.15) is 0 Å². The summed E-state index contributed by atoms with van der Waals surface area (Å²) in [5, 5.41) is 2.80. The number of hydrogen-bond donors (Lipinski definition) is 1. The van der Waals surface area contributed by atoms with Gasteiger partial charge in [0.15, 0.2) is 0 Å². The van der Waals surface area contributed by atoms with E-state index in [9.17, 15) is 14.0 Å². The molecule has 24 heavy (non-hydrogen) atoms. The number of carbonyl (C=O) groups is 2. The second kappa shape index (κ2) is 7.30. The first kappa shape index (κ1) is 16.9. The number of halogens is 1. The number of hydrogen-bond acceptors (Lipinski definition) is 3. The molecule has 0 spiro atoms. The van der Waals surface area contributed by atoms with Gasteiger partial charge in [-0.3, -0.25) is 14.5 Å². The maximum absolute atomic E-state index is 13.0. The molecule has 0 aromatic heterocycles. The quantitative estimate of drug-likeness (QED) is 0.881. The van der Waals surface area contributed by atoms with Crippen LogP contribution in [0.4, 0.5) is 4.39 Å².